The van der Waals surface area contributed by atoms with Crippen molar-refractivity contribution < 1.29 is 13.2 Å². The van der Waals surface area contributed by atoms with Crippen molar-refractivity contribution in [3.8, 4) is 11.4 Å². The highest BCUT2D eigenvalue weighted by atomic mass is 19.2. The van der Waals surface area contributed by atoms with Gasteiger partial charge in [-0.1, -0.05) is 0 Å². The van der Waals surface area contributed by atoms with Crippen LogP contribution in [0.1, 0.15) is 12.2 Å². The SMILES string of the molecule is Fc1cc(-c2nc3n(n2)CCC3)cc(F)c1F. The van der Waals surface area contributed by atoms with Gasteiger partial charge in [0, 0.05) is 18.5 Å². The molecule has 0 radical (unpaired) electrons. The number of hydrogen-bond donors (Lipinski definition) is 0. The topological polar surface area (TPSA) is 30.7 Å². The molecule has 0 aliphatic carbocycles. The monoisotopic (exact) mass is 239 g/mol. The summed E-state index contributed by atoms with van der Waals surface area (Å²) in [6.07, 6.45) is 1.78. The first-order valence-corrected chi connectivity index (χ1v) is 5.24. The van der Waals surface area contributed by atoms with Crippen LogP contribution in [0.3, 0.4) is 0 Å². The van der Waals surface area contributed by atoms with Gasteiger partial charge in [-0.05, 0) is 18.6 Å². The van der Waals surface area contributed by atoms with Gasteiger partial charge in [-0.3, -0.25) is 0 Å². The zero-order valence-electron chi connectivity index (χ0n) is 8.75. The maximum Gasteiger partial charge on any atom is 0.194 e. The van der Waals surface area contributed by atoms with Crippen molar-refractivity contribution in [2.75, 3.05) is 0 Å². The molecule has 2 heterocycles. The molecule has 1 aromatic heterocycles. The molecule has 0 unspecified atom stereocenters. The largest absolute Gasteiger partial charge is 0.249 e. The van der Waals surface area contributed by atoms with Crippen molar-refractivity contribution in [2.24, 2.45) is 0 Å². The van der Waals surface area contributed by atoms with E-state index in [0.29, 0.717) is 0 Å². The normalized spacial score (nSPS) is 14.1. The third kappa shape index (κ3) is 1.60. The standard InChI is InChI=1S/C11H8F3N3/c12-7-4-6(5-8(13)10(7)14)11-15-9-2-1-3-17(9)16-11/h4-5H,1-3H2. The van der Waals surface area contributed by atoms with Crippen LogP contribution in [0.15, 0.2) is 12.1 Å². The second-order valence-electron chi connectivity index (χ2n) is 3.93. The van der Waals surface area contributed by atoms with E-state index in [0.717, 1.165) is 37.3 Å². The fraction of sp³-hybridized carbons (Fsp3) is 0.273. The number of fused-ring (bicyclic) bond motifs is 1. The van der Waals surface area contributed by atoms with E-state index < -0.39 is 17.5 Å². The maximum atomic E-state index is 13.1. The highest BCUT2D eigenvalue weighted by Gasteiger charge is 2.18. The summed E-state index contributed by atoms with van der Waals surface area (Å²) in [4.78, 5) is 4.17. The molecule has 6 heteroatoms. The quantitative estimate of drug-likeness (QED) is 0.715. The minimum Gasteiger partial charge on any atom is -0.249 e. The molecule has 17 heavy (non-hydrogen) atoms. The van der Waals surface area contributed by atoms with Crippen LogP contribution < -0.4 is 0 Å². The number of halogens is 3. The zero-order chi connectivity index (χ0) is 12.0. The van der Waals surface area contributed by atoms with Gasteiger partial charge >= 0.3 is 0 Å². The van der Waals surface area contributed by atoms with Gasteiger partial charge in [-0.2, -0.15) is 5.10 Å². The lowest BCUT2D eigenvalue weighted by Crippen LogP contribution is -1.96. The number of nitrogens with zero attached hydrogens (tertiary/aromatic N) is 3. The third-order valence-corrected chi connectivity index (χ3v) is 2.76. The molecular weight excluding hydrogens is 231 g/mol. The Morgan fingerprint density at radius 2 is 1.82 bits per heavy atom. The van der Waals surface area contributed by atoms with Crippen molar-refractivity contribution in [3.63, 3.8) is 0 Å². The van der Waals surface area contributed by atoms with Gasteiger partial charge in [0.2, 0.25) is 0 Å². The van der Waals surface area contributed by atoms with Crippen LogP contribution in [0.2, 0.25) is 0 Å². The number of aryl methyl sites for hydroxylation is 2. The molecule has 1 aliphatic rings. The van der Waals surface area contributed by atoms with E-state index in [9.17, 15) is 13.2 Å². The van der Waals surface area contributed by atoms with E-state index in [2.05, 4.69) is 10.1 Å². The Kier molecular flexibility index (Phi) is 2.17. The number of aromatic nitrogens is 3. The minimum atomic E-state index is -1.47. The molecule has 0 N–H and O–H groups in total. The van der Waals surface area contributed by atoms with Crippen molar-refractivity contribution in [1.82, 2.24) is 14.8 Å². The summed E-state index contributed by atoms with van der Waals surface area (Å²) in [7, 11) is 0. The van der Waals surface area contributed by atoms with Gasteiger partial charge in [0.05, 0.1) is 0 Å². The average Bonchev–Trinajstić information content (AvgIpc) is 2.84. The number of rotatable bonds is 1. The third-order valence-electron chi connectivity index (χ3n) is 2.76. The van der Waals surface area contributed by atoms with Gasteiger partial charge in [-0.15, -0.1) is 0 Å². The van der Waals surface area contributed by atoms with Crippen LogP contribution in [0.5, 0.6) is 0 Å². The van der Waals surface area contributed by atoms with Crippen molar-refractivity contribution >= 4 is 0 Å². The lowest BCUT2D eigenvalue weighted by atomic mass is 10.2. The van der Waals surface area contributed by atoms with Crippen LogP contribution in [0.4, 0.5) is 13.2 Å². The molecule has 88 valence electrons. The first-order chi connectivity index (χ1) is 8.15. The maximum absolute atomic E-state index is 13.1. The lowest BCUT2D eigenvalue weighted by molar-refractivity contribution is 0.447. The molecule has 0 saturated carbocycles. The van der Waals surface area contributed by atoms with Gasteiger partial charge in [0.15, 0.2) is 23.3 Å². The molecule has 2 aromatic rings. The van der Waals surface area contributed by atoms with E-state index in [1.807, 2.05) is 0 Å². The van der Waals surface area contributed by atoms with Gasteiger partial charge < -0.3 is 0 Å². The predicted octanol–water partition coefficient (Wildman–Crippen LogP) is 2.31. The van der Waals surface area contributed by atoms with Crippen molar-refractivity contribution in [2.45, 2.75) is 19.4 Å². The van der Waals surface area contributed by atoms with E-state index in [4.69, 9.17) is 0 Å². The molecule has 3 rings (SSSR count). The molecular formula is C11H8F3N3. The molecule has 0 amide bonds. The zero-order valence-corrected chi connectivity index (χ0v) is 8.75. The Morgan fingerprint density at radius 1 is 1.12 bits per heavy atom. The van der Waals surface area contributed by atoms with Gasteiger partial charge in [0.1, 0.15) is 5.82 Å². The Bertz CT molecular complexity index is 547. The first kappa shape index (κ1) is 10.3. The fourth-order valence-corrected chi connectivity index (χ4v) is 1.93. The summed E-state index contributed by atoms with van der Waals surface area (Å²) in [5, 5.41) is 4.12. The van der Waals surface area contributed by atoms with E-state index >= 15 is 0 Å². The Hall–Kier alpha value is -1.85. The summed E-state index contributed by atoms with van der Waals surface area (Å²) < 4.78 is 40.6. The van der Waals surface area contributed by atoms with Crippen LogP contribution in [0, 0.1) is 17.5 Å². The predicted molar refractivity (Wildman–Crippen MR) is 53.7 cm³/mol. The molecule has 3 nitrogen and oxygen atoms in total. The Labute approximate surface area is 94.9 Å². The molecule has 0 saturated heterocycles. The van der Waals surface area contributed by atoms with Gasteiger partial charge in [-0.25, -0.2) is 22.8 Å². The average molecular weight is 239 g/mol. The summed E-state index contributed by atoms with van der Waals surface area (Å²) in [6, 6.07) is 1.81. The Morgan fingerprint density at radius 3 is 2.47 bits per heavy atom. The first-order valence-electron chi connectivity index (χ1n) is 5.24. The fourth-order valence-electron chi connectivity index (χ4n) is 1.93. The van der Waals surface area contributed by atoms with E-state index in [1.165, 1.54) is 0 Å². The van der Waals surface area contributed by atoms with Crippen LogP contribution in [-0.2, 0) is 13.0 Å². The number of hydrogen-bond acceptors (Lipinski definition) is 2. The minimum absolute atomic E-state index is 0.156. The molecule has 1 aliphatic heterocycles. The molecule has 0 fully saturated rings. The molecule has 1 aromatic carbocycles. The highest BCUT2D eigenvalue weighted by Crippen LogP contribution is 2.23. The second-order valence-corrected chi connectivity index (χ2v) is 3.93. The molecule has 0 spiro atoms. The highest BCUT2D eigenvalue weighted by molar-refractivity contribution is 5.55. The Balaban J connectivity index is 2.09. The molecule has 0 atom stereocenters. The van der Waals surface area contributed by atoms with Gasteiger partial charge in [0.25, 0.3) is 0 Å². The molecule has 0 bridgehead atoms. The van der Waals surface area contributed by atoms with Crippen LogP contribution in [0.25, 0.3) is 11.4 Å². The van der Waals surface area contributed by atoms with E-state index in [-0.39, 0.29) is 11.4 Å². The number of benzene rings is 1. The van der Waals surface area contributed by atoms with Crippen LogP contribution in [-0.4, -0.2) is 14.8 Å². The second kappa shape index (κ2) is 3.58. The summed E-state index contributed by atoms with van der Waals surface area (Å²) in [6.45, 7) is 0.758. The van der Waals surface area contributed by atoms with E-state index in [1.54, 1.807) is 4.68 Å². The summed E-state index contributed by atoms with van der Waals surface area (Å²) in [5.74, 6) is -2.90. The summed E-state index contributed by atoms with van der Waals surface area (Å²) in [5.41, 5.74) is 0.156. The lowest BCUT2D eigenvalue weighted by Gasteiger charge is -1.99. The smallest absolute Gasteiger partial charge is 0.194 e. The van der Waals surface area contributed by atoms with Crippen molar-refractivity contribution in [1.29, 1.82) is 0 Å². The van der Waals surface area contributed by atoms with Crippen molar-refractivity contribution in [3.05, 3.63) is 35.4 Å². The van der Waals surface area contributed by atoms with Crippen LogP contribution >= 0.6 is 0 Å². The summed E-state index contributed by atoms with van der Waals surface area (Å²) >= 11 is 0.